The van der Waals surface area contributed by atoms with Crippen molar-refractivity contribution in [3.05, 3.63) is 65.5 Å². The lowest BCUT2D eigenvalue weighted by Gasteiger charge is -2.21. The Hall–Kier alpha value is -3.42. The van der Waals surface area contributed by atoms with Gasteiger partial charge in [-0.3, -0.25) is 14.7 Å². The third-order valence-corrected chi connectivity index (χ3v) is 4.44. The molecule has 2 aromatic rings. The van der Waals surface area contributed by atoms with Crippen molar-refractivity contribution in [3.8, 4) is 0 Å². The summed E-state index contributed by atoms with van der Waals surface area (Å²) in [5.41, 5.74) is 2.21. The molecular weight excluding hydrogens is 362 g/mol. The van der Waals surface area contributed by atoms with E-state index in [4.69, 9.17) is 4.74 Å². The second-order valence-corrected chi connectivity index (χ2v) is 6.31. The number of carbonyl (C=O) groups excluding carboxylic acids is 3. The third-order valence-electron chi connectivity index (χ3n) is 4.44. The molecule has 0 spiro atoms. The Bertz CT molecular complexity index is 839. The first kappa shape index (κ1) is 19.3. The van der Waals surface area contributed by atoms with Gasteiger partial charge in [0.05, 0.1) is 19.2 Å². The number of nitrogens with zero attached hydrogens (tertiary/aromatic N) is 2. The summed E-state index contributed by atoms with van der Waals surface area (Å²) in [4.78, 5) is 41.5. The molecule has 2 heterocycles. The Balaban J connectivity index is 1.57. The smallest absolute Gasteiger partial charge is 0.410 e. The summed E-state index contributed by atoms with van der Waals surface area (Å²) in [6.07, 6.45) is 3.55. The molecule has 1 saturated heterocycles. The number of benzene rings is 1. The lowest BCUT2D eigenvalue weighted by atomic mass is 10.1. The number of pyridine rings is 1. The molecule has 2 amide bonds. The van der Waals surface area contributed by atoms with Crippen LogP contribution in [0.25, 0.3) is 0 Å². The van der Waals surface area contributed by atoms with Gasteiger partial charge in [0.1, 0.15) is 12.6 Å². The van der Waals surface area contributed by atoms with Crippen LogP contribution in [0.2, 0.25) is 0 Å². The van der Waals surface area contributed by atoms with Gasteiger partial charge in [0.15, 0.2) is 0 Å². The molecule has 1 aliphatic heterocycles. The summed E-state index contributed by atoms with van der Waals surface area (Å²) in [6.45, 7) is 0.662. The minimum absolute atomic E-state index is 0.0117. The van der Waals surface area contributed by atoms with E-state index in [1.165, 1.54) is 12.0 Å². The van der Waals surface area contributed by atoms with Crippen molar-refractivity contribution >= 4 is 18.0 Å². The molecule has 1 aliphatic rings. The summed E-state index contributed by atoms with van der Waals surface area (Å²) >= 11 is 0. The number of cyclic esters (lactones) is 1. The van der Waals surface area contributed by atoms with Gasteiger partial charge in [0.25, 0.3) is 0 Å². The van der Waals surface area contributed by atoms with E-state index < -0.39 is 18.1 Å². The van der Waals surface area contributed by atoms with Gasteiger partial charge in [-0.25, -0.2) is 9.59 Å². The van der Waals surface area contributed by atoms with Crippen LogP contribution < -0.4 is 5.32 Å². The highest BCUT2D eigenvalue weighted by atomic mass is 16.6. The fourth-order valence-electron chi connectivity index (χ4n) is 2.90. The van der Waals surface area contributed by atoms with Crippen LogP contribution in [0.15, 0.2) is 48.8 Å². The predicted octanol–water partition coefficient (Wildman–Crippen LogP) is 1.55. The molecule has 8 heteroatoms. The SMILES string of the molecule is COC(=O)c1ccc(CN2C(=O)OC[C@H]2C(=O)NCCc2cccnc2)cc1. The average Bonchev–Trinajstić information content (AvgIpc) is 3.09. The van der Waals surface area contributed by atoms with Crippen LogP contribution in [0.1, 0.15) is 21.5 Å². The van der Waals surface area contributed by atoms with Crippen LogP contribution in [0.4, 0.5) is 4.79 Å². The quantitative estimate of drug-likeness (QED) is 0.729. The number of aromatic nitrogens is 1. The fourth-order valence-corrected chi connectivity index (χ4v) is 2.90. The molecule has 0 radical (unpaired) electrons. The van der Waals surface area contributed by atoms with E-state index in [0.717, 1.165) is 11.1 Å². The van der Waals surface area contributed by atoms with Crippen molar-refractivity contribution in [3.63, 3.8) is 0 Å². The number of carbonyl (C=O) groups is 3. The summed E-state index contributed by atoms with van der Waals surface area (Å²) in [5, 5.41) is 2.84. The second kappa shape index (κ2) is 8.98. The van der Waals surface area contributed by atoms with Crippen molar-refractivity contribution < 1.29 is 23.9 Å². The molecule has 28 heavy (non-hydrogen) atoms. The molecule has 1 N–H and O–H groups in total. The van der Waals surface area contributed by atoms with Crippen molar-refractivity contribution in [2.24, 2.45) is 0 Å². The number of amides is 2. The van der Waals surface area contributed by atoms with Crippen molar-refractivity contribution in [2.45, 2.75) is 19.0 Å². The lowest BCUT2D eigenvalue weighted by molar-refractivity contribution is -0.124. The standard InChI is InChI=1S/C20H21N3O5/c1-27-19(25)16-6-4-15(5-7-16)12-23-17(13-28-20(23)26)18(24)22-10-8-14-3-2-9-21-11-14/h2-7,9,11,17H,8,10,12-13H2,1H3,(H,22,24)/t17-/m0/s1. The van der Waals surface area contributed by atoms with Gasteiger partial charge in [-0.15, -0.1) is 0 Å². The monoisotopic (exact) mass is 383 g/mol. The maximum Gasteiger partial charge on any atom is 0.410 e. The van der Waals surface area contributed by atoms with Crippen LogP contribution in [0.3, 0.4) is 0 Å². The third kappa shape index (κ3) is 4.64. The minimum Gasteiger partial charge on any atom is -0.465 e. The molecule has 1 aromatic carbocycles. The largest absolute Gasteiger partial charge is 0.465 e. The summed E-state index contributed by atoms with van der Waals surface area (Å²) in [6, 6.07) is 9.75. The van der Waals surface area contributed by atoms with E-state index >= 15 is 0 Å². The van der Waals surface area contributed by atoms with E-state index in [-0.39, 0.29) is 19.1 Å². The number of methoxy groups -OCH3 is 1. The van der Waals surface area contributed by atoms with Gasteiger partial charge in [0.2, 0.25) is 5.91 Å². The molecule has 146 valence electrons. The molecule has 0 unspecified atom stereocenters. The predicted molar refractivity (Wildman–Crippen MR) is 99.4 cm³/mol. The molecule has 8 nitrogen and oxygen atoms in total. The minimum atomic E-state index is -0.693. The maximum atomic E-state index is 12.5. The maximum absolute atomic E-state index is 12.5. The summed E-state index contributed by atoms with van der Waals surface area (Å²) in [7, 11) is 1.31. The van der Waals surface area contributed by atoms with Crippen molar-refractivity contribution in [1.82, 2.24) is 15.2 Å². The van der Waals surface area contributed by atoms with Crippen molar-refractivity contribution in [1.29, 1.82) is 0 Å². The number of nitrogens with one attached hydrogen (secondary N) is 1. The zero-order chi connectivity index (χ0) is 19.9. The van der Waals surface area contributed by atoms with Crippen LogP contribution in [-0.4, -0.2) is 54.2 Å². The number of rotatable bonds is 7. The Morgan fingerprint density at radius 3 is 2.71 bits per heavy atom. The van der Waals surface area contributed by atoms with E-state index in [1.54, 1.807) is 36.7 Å². The van der Waals surface area contributed by atoms with Gasteiger partial charge < -0.3 is 14.8 Å². The van der Waals surface area contributed by atoms with Gasteiger partial charge in [-0.05, 0) is 35.7 Å². The topological polar surface area (TPSA) is 97.8 Å². The molecule has 0 bridgehead atoms. The molecular formula is C20H21N3O5. The number of hydrogen-bond acceptors (Lipinski definition) is 6. The van der Waals surface area contributed by atoms with Gasteiger partial charge in [0, 0.05) is 18.9 Å². The van der Waals surface area contributed by atoms with Crippen molar-refractivity contribution in [2.75, 3.05) is 20.3 Å². The van der Waals surface area contributed by atoms with Gasteiger partial charge in [-0.2, -0.15) is 0 Å². The highest BCUT2D eigenvalue weighted by molar-refractivity contribution is 5.89. The van der Waals surface area contributed by atoms with E-state index in [2.05, 4.69) is 15.0 Å². The molecule has 0 aliphatic carbocycles. The average molecular weight is 383 g/mol. The normalized spacial score (nSPS) is 15.8. The van der Waals surface area contributed by atoms with E-state index in [0.29, 0.717) is 18.5 Å². The Labute approximate surface area is 162 Å². The summed E-state index contributed by atoms with van der Waals surface area (Å²) in [5.74, 6) is -0.695. The first-order valence-corrected chi connectivity index (χ1v) is 8.85. The number of esters is 1. The van der Waals surface area contributed by atoms with Gasteiger partial charge >= 0.3 is 12.1 Å². The first-order valence-electron chi connectivity index (χ1n) is 8.85. The number of hydrogen-bond donors (Lipinski definition) is 1. The second-order valence-electron chi connectivity index (χ2n) is 6.31. The zero-order valence-electron chi connectivity index (χ0n) is 15.5. The molecule has 1 fully saturated rings. The Morgan fingerprint density at radius 1 is 1.25 bits per heavy atom. The number of ether oxygens (including phenoxy) is 2. The molecule has 3 rings (SSSR count). The van der Waals surface area contributed by atoms with E-state index in [9.17, 15) is 14.4 Å². The molecule has 1 aromatic heterocycles. The highest BCUT2D eigenvalue weighted by Crippen LogP contribution is 2.17. The Morgan fingerprint density at radius 2 is 2.04 bits per heavy atom. The fraction of sp³-hybridized carbons (Fsp3) is 0.300. The highest BCUT2D eigenvalue weighted by Gasteiger charge is 2.37. The molecule has 0 saturated carbocycles. The van der Waals surface area contributed by atoms with Gasteiger partial charge in [-0.1, -0.05) is 18.2 Å². The van der Waals surface area contributed by atoms with Crippen LogP contribution in [0, 0.1) is 0 Å². The van der Waals surface area contributed by atoms with Crippen LogP contribution in [0.5, 0.6) is 0 Å². The molecule has 1 atom stereocenters. The lowest BCUT2D eigenvalue weighted by Crippen LogP contribution is -2.45. The van der Waals surface area contributed by atoms with Crippen LogP contribution in [-0.2, 0) is 27.2 Å². The van der Waals surface area contributed by atoms with E-state index in [1.807, 2.05) is 12.1 Å². The summed E-state index contributed by atoms with van der Waals surface area (Å²) < 4.78 is 9.72. The van der Waals surface area contributed by atoms with Crippen LogP contribution >= 0.6 is 0 Å². The zero-order valence-corrected chi connectivity index (χ0v) is 15.5. The Kier molecular flexibility index (Phi) is 6.21. The first-order chi connectivity index (χ1) is 13.6.